The highest BCUT2D eigenvalue weighted by Crippen LogP contribution is 2.21. The predicted octanol–water partition coefficient (Wildman–Crippen LogP) is 3.40. The number of ether oxygens (including phenoxy) is 1. The van der Waals surface area contributed by atoms with E-state index in [9.17, 15) is 4.79 Å². The summed E-state index contributed by atoms with van der Waals surface area (Å²) in [5.41, 5.74) is 7.15. The van der Waals surface area contributed by atoms with E-state index in [2.05, 4.69) is 10.1 Å². The number of thiazole rings is 1. The monoisotopic (exact) mass is 337 g/mol. The molecule has 23 heavy (non-hydrogen) atoms. The van der Waals surface area contributed by atoms with Gasteiger partial charge in [-0.05, 0) is 51.2 Å². The van der Waals surface area contributed by atoms with Gasteiger partial charge in [-0.1, -0.05) is 11.6 Å². The summed E-state index contributed by atoms with van der Waals surface area (Å²) in [5.74, 6) is -0.486. The molecule has 1 saturated carbocycles. The molecule has 1 heterocycles. The Bertz CT molecular complexity index is 589. The number of esters is 1. The first kappa shape index (κ1) is 17.5. The van der Waals surface area contributed by atoms with Crippen LogP contribution in [0.3, 0.4) is 0 Å². The Hall–Kier alpha value is -1.89. The van der Waals surface area contributed by atoms with Crippen molar-refractivity contribution in [2.45, 2.75) is 52.1 Å². The molecule has 0 bridgehead atoms. The fraction of sp³-hybridized carbons (Fsp3) is 0.562. The second-order valence-electron chi connectivity index (χ2n) is 5.46. The van der Waals surface area contributed by atoms with Crippen molar-refractivity contribution in [3.63, 3.8) is 0 Å². The van der Waals surface area contributed by atoms with Crippen LogP contribution < -0.4 is 5.73 Å². The van der Waals surface area contributed by atoms with Gasteiger partial charge in [0.05, 0.1) is 12.3 Å². The number of oxime groups is 1. The van der Waals surface area contributed by atoms with E-state index < -0.39 is 5.97 Å². The summed E-state index contributed by atoms with van der Waals surface area (Å²) in [7, 11) is 0. The molecule has 2 N–H and O–H groups in total. The van der Waals surface area contributed by atoms with Crippen molar-refractivity contribution >= 4 is 34.2 Å². The fourth-order valence-electron chi connectivity index (χ4n) is 2.42. The maximum atomic E-state index is 12.1. The summed E-state index contributed by atoms with van der Waals surface area (Å²) in [6.45, 7) is 3.84. The Morgan fingerprint density at radius 2 is 2.22 bits per heavy atom. The highest BCUT2D eigenvalue weighted by molar-refractivity contribution is 7.13. The highest BCUT2D eigenvalue weighted by Gasteiger charge is 2.19. The van der Waals surface area contributed by atoms with E-state index in [0.717, 1.165) is 25.7 Å². The van der Waals surface area contributed by atoms with Gasteiger partial charge in [0.25, 0.3) is 0 Å². The van der Waals surface area contributed by atoms with E-state index >= 15 is 0 Å². The SMILES string of the molecule is CCOC(=O)C(=N\OC1CCCCC1)/C(C)=C/c1csc(N)n1. The lowest BCUT2D eigenvalue weighted by Gasteiger charge is -2.19. The number of nitrogens with zero attached hydrogens (tertiary/aromatic N) is 2. The normalized spacial score (nSPS) is 17.1. The first-order valence-electron chi connectivity index (χ1n) is 7.90. The molecule has 0 spiro atoms. The Labute approximate surface area is 140 Å². The van der Waals surface area contributed by atoms with E-state index in [1.807, 2.05) is 5.38 Å². The topological polar surface area (TPSA) is 86.8 Å². The van der Waals surface area contributed by atoms with Crippen LogP contribution in [0.25, 0.3) is 6.08 Å². The van der Waals surface area contributed by atoms with Gasteiger partial charge in [0, 0.05) is 5.38 Å². The summed E-state index contributed by atoms with van der Waals surface area (Å²) in [5, 5.41) is 6.39. The summed E-state index contributed by atoms with van der Waals surface area (Å²) in [6.07, 6.45) is 7.31. The maximum absolute atomic E-state index is 12.1. The molecular formula is C16H23N3O3S. The van der Waals surface area contributed by atoms with Crippen molar-refractivity contribution in [3.8, 4) is 0 Å². The van der Waals surface area contributed by atoms with Crippen LogP contribution in [0.1, 0.15) is 51.6 Å². The Kier molecular flexibility index (Phi) is 6.58. The van der Waals surface area contributed by atoms with E-state index in [-0.39, 0.29) is 18.4 Å². The van der Waals surface area contributed by atoms with Crippen LogP contribution in [-0.2, 0) is 14.4 Å². The first-order chi connectivity index (χ1) is 11.1. The third-order valence-electron chi connectivity index (χ3n) is 3.59. The molecule has 1 aromatic rings. The molecule has 1 aliphatic carbocycles. The second kappa shape index (κ2) is 8.67. The van der Waals surface area contributed by atoms with Crippen LogP contribution >= 0.6 is 11.3 Å². The lowest BCUT2D eigenvalue weighted by atomic mass is 9.98. The van der Waals surface area contributed by atoms with Gasteiger partial charge in [-0.25, -0.2) is 9.78 Å². The zero-order valence-corrected chi connectivity index (χ0v) is 14.4. The maximum Gasteiger partial charge on any atom is 0.360 e. The lowest BCUT2D eigenvalue weighted by molar-refractivity contribution is -0.135. The number of aromatic nitrogens is 1. The molecule has 0 aliphatic heterocycles. The number of nitrogen functional groups attached to an aromatic ring is 1. The minimum absolute atomic E-state index is 0.0795. The molecule has 0 aromatic carbocycles. The van der Waals surface area contributed by atoms with Crippen molar-refractivity contribution in [1.82, 2.24) is 4.98 Å². The molecule has 2 rings (SSSR count). The molecule has 0 amide bonds. The molecule has 0 radical (unpaired) electrons. The highest BCUT2D eigenvalue weighted by atomic mass is 32.1. The van der Waals surface area contributed by atoms with E-state index in [0.29, 0.717) is 16.4 Å². The average Bonchev–Trinajstić information content (AvgIpc) is 2.94. The molecule has 7 heteroatoms. The zero-order chi connectivity index (χ0) is 16.7. The summed E-state index contributed by atoms with van der Waals surface area (Å²) >= 11 is 1.35. The number of nitrogens with two attached hydrogens (primary N) is 1. The summed E-state index contributed by atoms with van der Waals surface area (Å²) < 4.78 is 5.07. The minimum Gasteiger partial charge on any atom is -0.461 e. The van der Waals surface area contributed by atoms with Crippen LogP contribution in [0, 0.1) is 0 Å². The number of hydrogen-bond donors (Lipinski definition) is 1. The molecular weight excluding hydrogens is 314 g/mol. The van der Waals surface area contributed by atoms with Crippen LogP contribution in [0.4, 0.5) is 5.13 Å². The van der Waals surface area contributed by atoms with Crippen LogP contribution in [0.15, 0.2) is 16.1 Å². The first-order valence-corrected chi connectivity index (χ1v) is 8.78. The number of hydrogen-bond acceptors (Lipinski definition) is 7. The molecule has 126 valence electrons. The molecule has 1 fully saturated rings. The standard InChI is InChI=1S/C16H23N3O3S/c1-3-21-15(20)14(19-22-13-7-5-4-6-8-13)11(2)9-12-10-23-16(17)18-12/h9-10,13H,3-8H2,1-2H3,(H2,17,18)/b11-9+,19-14-. The van der Waals surface area contributed by atoms with E-state index in [4.69, 9.17) is 15.3 Å². The number of carbonyl (C=O) groups excluding carboxylic acids is 1. The second-order valence-corrected chi connectivity index (χ2v) is 6.35. The van der Waals surface area contributed by atoms with Crippen molar-refractivity contribution in [2.75, 3.05) is 12.3 Å². The van der Waals surface area contributed by atoms with Crippen molar-refractivity contribution in [3.05, 3.63) is 16.6 Å². The van der Waals surface area contributed by atoms with E-state index in [1.165, 1.54) is 17.8 Å². The number of carbonyl (C=O) groups is 1. The Morgan fingerprint density at radius 1 is 1.48 bits per heavy atom. The Morgan fingerprint density at radius 3 is 2.83 bits per heavy atom. The number of anilines is 1. The van der Waals surface area contributed by atoms with E-state index in [1.54, 1.807) is 19.9 Å². The number of rotatable bonds is 6. The van der Waals surface area contributed by atoms with Gasteiger partial charge < -0.3 is 15.3 Å². The van der Waals surface area contributed by atoms with Gasteiger partial charge in [0.2, 0.25) is 0 Å². The van der Waals surface area contributed by atoms with Crippen LogP contribution in [-0.4, -0.2) is 29.4 Å². The van der Waals surface area contributed by atoms with Gasteiger partial charge in [-0.2, -0.15) is 0 Å². The van der Waals surface area contributed by atoms with Crippen LogP contribution in [0.5, 0.6) is 0 Å². The predicted molar refractivity (Wildman–Crippen MR) is 92.2 cm³/mol. The van der Waals surface area contributed by atoms with Crippen molar-refractivity contribution < 1.29 is 14.4 Å². The zero-order valence-electron chi connectivity index (χ0n) is 13.6. The van der Waals surface area contributed by atoms with Crippen molar-refractivity contribution in [2.24, 2.45) is 5.16 Å². The van der Waals surface area contributed by atoms with Gasteiger partial charge in [-0.15, -0.1) is 11.3 Å². The average molecular weight is 337 g/mol. The molecule has 1 aromatic heterocycles. The smallest absolute Gasteiger partial charge is 0.360 e. The molecule has 1 aliphatic rings. The quantitative estimate of drug-likeness (QED) is 0.488. The van der Waals surface area contributed by atoms with Gasteiger partial charge in [0.1, 0.15) is 6.10 Å². The molecule has 0 atom stereocenters. The third kappa shape index (κ3) is 5.35. The van der Waals surface area contributed by atoms with Gasteiger partial charge >= 0.3 is 5.97 Å². The Balaban J connectivity index is 2.15. The summed E-state index contributed by atoms with van der Waals surface area (Å²) in [4.78, 5) is 21.9. The third-order valence-corrected chi connectivity index (χ3v) is 4.28. The minimum atomic E-state index is -0.486. The molecule has 0 unspecified atom stereocenters. The van der Waals surface area contributed by atoms with Crippen LogP contribution in [0.2, 0.25) is 0 Å². The summed E-state index contributed by atoms with van der Waals surface area (Å²) in [6, 6.07) is 0. The molecule has 6 nitrogen and oxygen atoms in total. The largest absolute Gasteiger partial charge is 0.461 e. The lowest BCUT2D eigenvalue weighted by Crippen LogP contribution is -2.21. The van der Waals surface area contributed by atoms with Gasteiger partial charge in [0.15, 0.2) is 10.8 Å². The van der Waals surface area contributed by atoms with Crippen molar-refractivity contribution in [1.29, 1.82) is 0 Å². The molecule has 0 saturated heterocycles. The fourth-order valence-corrected chi connectivity index (χ4v) is 2.95. The van der Waals surface area contributed by atoms with Gasteiger partial charge in [-0.3, -0.25) is 0 Å².